The van der Waals surface area contributed by atoms with Crippen LogP contribution in [0.25, 0.3) is 296 Å². The van der Waals surface area contributed by atoms with E-state index in [1.165, 1.54) is 0 Å². The maximum absolute atomic E-state index is 9.01. The molecule has 0 bridgehead atoms. The molecular formula is C144H90O3. The van der Waals surface area contributed by atoms with Crippen molar-refractivity contribution in [2.75, 3.05) is 0 Å². The summed E-state index contributed by atoms with van der Waals surface area (Å²) in [6.07, 6.45) is 0. The second-order valence-corrected chi connectivity index (χ2v) is 37.2. The van der Waals surface area contributed by atoms with Gasteiger partial charge in [0.25, 0.3) is 0 Å². The van der Waals surface area contributed by atoms with Crippen LogP contribution in [0.4, 0.5) is 0 Å². The maximum Gasteiger partial charge on any atom is 0.136 e. The van der Waals surface area contributed by atoms with Gasteiger partial charge in [0.05, 0.1) is 20.6 Å². The summed E-state index contributed by atoms with van der Waals surface area (Å²) in [6.45, 7) is 0. The topological polar surface area (TPSA) is 39.4 Å². The molecule has 0 unspecified atom stereocenters. The third-order valence-electron chi connectivity index (χ3n) is 29.3. The van der Waals surface area contributed by atoms with Crippen LogP contribution in [0.2, 0.25) is 0 Å². The molecule has 30 aromatic rings. The highest BCUT2D eigenvalue weighted by Gasteiger charge is 2.29. The number of rotatable bonds is 12. The second-order valence-electron chi connectivity index (χ2n) is 37.2. The molecule has 684 valence electrons. The lowest BCUT2D eigenvalue weighted by molar-refractivity contribution is 0.668. The van der Waals surface area contributed by atoms with Crippen molar-refractivity contribution in [1.29, 1.82) is 0 Å². The van der Waals surface area contributed by atoms with Crippen molar-refractivity contribution in [3.05, 3.63) is 546 Å². The molecule has 27 aromatic carbocycles. The van der Waals surface area contributed by atoms with Crippen LogP contribution in [-0.2, 0) is 0 Å². The first-order valence-electron chi connectivity index (χ1n) is 56.8. The SMILES string of the molecule is [2H]c1c([2H])c([2H])c(-c2c3ccccc3c(-c3ccc(-c4c(-c5cccc(-c6ccccc6)c5)ccc5oc6ccccc6c45)c4ccccc34)c3ccccc23)c([2H])c1[2H].[2H]c1c([2H])c([2H])c(-c2c3ccccc3c(-c3ccc(-c4c(-c5ccccc5)ccc5oc6ccccc6c45)c4ccccc34)c3ccccc23)c([2H])c1[2H].[2H]c1c([2H])c([2H])c(-c2c3ccccc3c(-c3ccc(-c4cccc5oc6ccccc6c45)c4ccccc34)c3ccccc23)c([2H])c1[2H]. The fourth-order valence-corrected chi connectivity index (χ4v) is 23.2. The van der Waals surface area contributed by atoms with E-state index in [0.29, 0.717) is 16.7 Å². The molecule has 3 heteroatoms. The summed E-state index contributed by atoms with van der Waals surface area (Å²) in [6, 6.07) is 151. The van der Waals surface area contributed by atoms with E-state index in [-0.39, 0.29) is 89.2 Å². The third kappa shape index (κ3) is 14.4. The van der Waals surface area contributed by atoms with E-state index in [2.05, 4.69) is 279 Å². The number of fused-ring (bicyclic) bond motifs is 18. The Kier molecular flexibility index (Phi) is 17.4. The van der Waals surface area contributed by atoms with E-state index in [4.69, 9.17) is 33.8 Å². The molecule has 0 radical (unpaired) electrons. The van der Waals surface area contributed by atoms with Crippen molar-refractivity contribution in [3.63, 3.8) is 0 Å². The van der Waals surface area contributed by atoms with E-state index < -0.39 is 18.1 Å². The van der Waals surface area contributed by atoms with Crippen LogP contribution in [0.3, 0.4) is 0 Å². The molecule has 0 fully saturated rings. The molecule has 0 saturated heterocycles. The van der Waals surface area contributed by atoms with Crippen molar-refractivity contribution in [2.45, 2.75) is 0 Å². The molecule has 30 rings (SSSR count). The van der Waals surface area contributed by atoms with Gasteiger partial charge in [-0.3, -0.25) is 0 Å². The zero-order chi connectivity index (χ0) is 110. The molecule has 0 aliphatic rings. The van der Waals surface area contributed by atoms with Crippen molar-refractivity contribution in [2.24, 2.45) is 0 Å². The van der Waals surface area contributed by atoms with Crippen molar-refractivity contribution >= 4 is 163 Å². The van der Waals surface area contributed by atoms with E-state index >= 15 is 0 Å². The summed E-state index contributed by atoms with van der Waals surface area (Å²) >= 11 is 0. The van der Waals surface area contributed by atoms with Gasteiger partial charge < -0.3 is 13.3 Å². The Morgan fingerprint density at radius 3 is 0.680 bits per heavy atom. The molecule has 3 aromatic heterocycles. The average Bonchev–Trinajstić information content (AvgIpc) is 1.02. The number of para-hydroxylation sites is 3. The van der Waals surface area contributed by atoms with E-state index in [1.54, 1.807) is 0 Å². The molecule has 0 aliphatic heterocycles. The summed E-state index contributed by atoms with van der Waals surface area (Å²) in [4.78, 5) is 0. The van der Waals surface area contributed by atoms with Gasteiger partial charge in [-0.1, -0.05) is 503 Å². The Hall–Kier alpha value is -19.3. The smallest absolute Gasteiger partial charge is 0.136 e. The Balaban J connectivity index is 0.000000115. The monoisotopic (exact) mass is 1880 g/mol. The van der Waals surface area contributed by atoms with Crippen LogP contribution in [0.5, 0.6) is 0 Å². The predicted molar refractivity (Wildman–Crippen MR) is 624 cm³/mol. The molecule has 0 spiro atoms. The first-order valence-corrected chi connectivity index (χ1v) is 49.3. The van der Waals surface area contributed by atoms with Gasteiger partial charge in [-0.25, -0.2) is 0 Å². The molecule has 0 saturated carbocycles. The zero-order valence-corrected chi connectivity index (χ0v) is 79.0. The van der Waals surface area contributed by atoms with Crippen molar-refractivity contribution in [3.8, 4) is 134 Å². The van der Waals surface area contributed by atoms with Crippen LogP contribution in [0.15, 0.2) is 559 Å². The summed E-state index contributed by atoms with van der Waals surface area (Å²) < 4.78 is 149. The maximum atomic E-state index is 9.01. The van der Waals surface area contributed by atoms with E-state index in [0.717, 1.165) is 263 Å². The van der Waals surface area contributed by atoms with Gasteiger partial charge in [0, 0.05) is 43.4 Å². The van der Waals surface area contributed by atoms with Gasteiger partial charge in [0.2, 0.25) is 0 Å². The van der Waals surface area contributed by atoms with Crippen LogP contribution in [0, 0.1) is 0 Å². The molecule has 0 amide bonds. The molecule has 147 heavy (non-hydrogen) atoms. The number of furan rings is 3. The minimum Gasteiger partial charge on any atom is -0.456 e. The zero-order valence-electron chi connectivity index (χ0n) is 94.0. The third-order valence-corrected chi connectivity index (χ3v) is 29.3. The van der Waals surface area contributed by atoms with E-state index in [9.17, 15) is 0 Å². The molecule has 0 atom stereocenters. The Morgan fingerprint density at radius 2 is 0.340 bits per heavy atom. The fourth-order valence-electron chi connectivity index (χ4n) is 23.2. The lowest BCUT2D eigenvalue weighted by atomic mass is 9.82. The Bertz CT molecular complexity index is 11300. The highest BCUT2D eigenvalue weighted by atomic mass is 16.3. The summed E-state index contributed by atoms with van der Waals surface area (Å²) in [7, 11) is 0. The van der Waals surface area contributed by atoms with Crippen LogP contribution >= 0.6 is 0 Å². The number of benzene rings is 27. The average molecular weight is 1880 g/mol. The van der Waals surface area contributed by atoms with Crippen molar-refractivity contribution in [1.82, 2.24) is 0 Å². The Labute approximate surface area is 870 Å². The standard InChI is InChI=1S/C54H34O.C48H30O.C42H26O/c1-3-16-35(17-4-1)37-20-15-21-38(34-37)39-32-33-50-54(48-28-13-14-29-49(48)55-50)53(39)47-31-30-46(40-22-7-8-23-41(40)47)52-44-26-11-9-24-42(44)51(36-18-5-2-6-19-36)43-25-10-12-27-45(43)52;1-3-15-31(16-4-1)33-29-30-44-48(42-25-13-14-26-43(42)49-44)47(33)41-28-27-40(34-19-7-8-20-35(34)41)46-38-23-11-9-21-36(38)45(32-17-5-2-6-18-32)37-22-10-12-24-39(37)46;1-2-13-27(14-3-1)40-32-17-6-8-19-34(32)41(35-20-9-7-18-33(35)40)36-26-25-30(28-15-4-5-16-29(28)36)31-22-12-24-39-42(31)37-21-10-11-23-38(37)43-39/h1-34H;1-30H;1-26H/i2D,5D,6D,18D,19D;2D,5D,6D,17D,18D;1D,2D,3D,13D,14D. The van der Waals surface area contributed by atoms with Crippen LogP contribution < -0.4 is 0 Å². The molecule has 0 aliphatic carbocycles. The quantitative estimate of drug-likeness (QED) is 0.114. The van der Waals surface area contributed by atoms with Gasteiger partial charge >= 0.3 is 0 Å². The lowest BCUT2D eigenvalue weighted by Crippen LogP contribution is -1.93. The van der Waals surface area contributed by atoms with Crippen molar-refractivity contribution < 1.29 is 33.8 Å². The second kappa shape index (κ2) is 36.0. The summed E-state index contributed by atoms with van der Waals surface area (Å²) in [5.74, 6) is 0. The van der Waals surface area contributed by atoms with Gasteiger partial charge in [-0.2, -0.15) is 0 Å². The molecule has 3 heterocycles. The van der Waals surface area contributed by atoms with Gasteiger partial charge in [0.1, 0.15) is 33.5 Å². The lowest BCUT2D eigenvalue weighted by Gasteiger charge is -2.20. The summed E-state index contributed by atoms with van der Waals surface area (Å²) in [5.41, 5.74) is 27.1. The fraction of sp³-hybridized carbons (Fsp3) is 0. The van der Waals surface area contributed by atoms with Gasteiger partial charge in [-0.15, -0.1) is 0 Å². The highest BCUT2D eigenvalue weighted by Crippen LogP contribution is 2.56. The first-order chi connectivity index (χ1) is 79.2. The van der Waals surface area contributed by atoms with Crippen LogP contribution in [-0.4, -0.2) is 0 Å². The number of hydrogen-bond acceptors (Lipinski definition) is 3. The van der Waals surface area contributed by atoms with Gasteiger partial charge in [-0.05, 0) is 262 Å². The predicted octanol–water partition coefficient (Wildman–Crippen LogP) is 41.1. The van der Waals surface area contributed by atoms with E-state index in [1.807, 2.05) is 176 Å². The normalized spacial score (nSPS) is 13.1. The molecule has 0 N–H and O–H groups in total. The summed E-state index contributed by atoms with van der Waals surface area (Å²) in [5, 5.41) is 23.4. The molecule has 3 nitrogen and oxygen atoms in total. The van der Waals surface area contributed by atoms with Crippen LogP contribution in [0.1, 0.15) is 20.6 Å². The van der Waals surface area contributed by atoms with Gasteiger partial charge in [0.15, 0.2) is 0 Å². The minimum atomic E-state index is -0.406. The molecular weight excluding hydrogens is 1780 g/mol. The highest BCUT2D eigenvalue weighted by molar-refractivity contribution is 6.31. The minimum absolute atomic E-state index is 0.199. The largest absolute Gasteiger partial charge is 0.456 e. The Morgan fingerprint density at radius 1 is 0.116 bits per heavy atom. The first kappa shape index (κ1) is 71.2. The number of hydrogen-bond donors (Lipinski definition) is 0.